The molecule has 0 atom stereocenters. The molecule has 0 aliphatic carbocycles. The first-order valence-corrected chi connectivity index (χ1v) is 3.17. The van der Waals surface area contributed by atoms with Gasteiger partial charge in [0.2, 0.25) is 0 Å². The number of amides is 1. The van der Waals surface area contributed by atoms with Crippen molar-refractivity contribution in [1.29, 1.82) is 0 Å². The smallest absolute Gasteiger partial charge is 0.251 e. The molecule has 0 aromatic carbocycles. The van der Waals surface area contributed by atoms with Crippen LogP contribution in [0.2, 0.25) is 0 Å². The lowest BCUT2D eigenvalue weighted by Crippen LogP contribution is -2.17. The van der Waals surface area contributed by atoms with E-state index in [0.29, 0.717) is 11.4 Å². The van der Waals surface area contributed by atoms with Crippen LogP contribution in [0.25, 0.3) is 0 Å². The summed E-state index contributed by atoms with van der Waals surface area (Å²) in [5.74, 6) is 0.199. The largest absolute Gasteiger partial charge is 0.384 e. The molecule has 1 heterocycles. The molecule has 1 aromatic heterocycles. The second kappa shape index (κ2) is 3.01. The lowest BCUT2D eigenvalue weighted by atomic mass is 10.2. The molecule has 0 bridgehead atoms. The van der Waals surface area contributed by atoms with E-state index < -0.39 is 0 Å². The summed E-state index contributed by atoms with van der Waals surface area (Å²) in [5, 5.41) is 2.49. The minimum Gasteiger partial charge on any atom is -0.384 e. The fourth-order valence-corrected chi connectivity index (χ4v) is 0.734. The van der Waals surface area contributed by atoms with Crippen LogP contribution in [0.15, 0.2) is 18.3 Å². The second-order valence-corrected chi connectivity index (χ2v) is 2.05. The lowest BCUT2D eigenvalue weighted by Gasteiger charge is -1.98. The molecule has 11 heavy (non-hydrogen) atoms. The van der Waals surface area contributed by atoms with Gasteiger partial charge in [-0.25, -0.2) is 4.98 Å². The van der Waals surface area contributed by atoms with Gasteiger partial charge in [-0.15, -0.1) is 0 Å². The molecule has 1 aromatic rings. The molecule has 0 saturated heterocycles. The van der Waals surface area contributed by atoms with Gasteiger partial charge in [-0.2, -0.15) is 0 Å². The zero-order valence-electron chi connectivity index (χ0n) is 6.16. The molecule has 0 unspecified atom stereocenters. The van der Waals surface area contributed by atoms with Crippen LogP contribution >= 0.6 is 0 Å². The molecule has 0 aliphatic heterocycles. The number of hydrogen-bond donors (Lipinski definition) is 2. The van der Waals surface area contributed by atoms with E-state index in [-0.39, 0.29) is 5.91 Å². The summed E-state index contributed by atoms with van der Waals surface area (Å²) in [7, 11) is 1.57. The van der Waals surface area contributed by atoms with Crippen molar-refractivity contribution in [2.45, 2.75) is 0 Å². The summed E-state index contributed by atoms with van der Waals surface area (Å²) < 4.78 is 0. The number of nitrogens with one attached hydrogen (secondary N) is 1. The van der Waals surface area contributed by atoms with Gasteiger partial charge in [0.05, 0.1) is 0 Å². The Morgan fingerprint density at radius 1 is 1.73 bits per heavy atom. The number of aromatic nitrogens is 1. The van der Waals surface area contributed by atoms with E-state index in [0.717, 1.165) is 0 Å². The number of nitrogens with two attached hydrogens (primary N) is 1. The number of carbonyl (C=O) groups is 1. The molecular formula is C7H9N3O. The maximum Gasteiger partial charge on any atom is 0.251 e. The van der Waals surface area contributed by atoms with Crippen LogP contribution in [0.3, 0.4) is 0 Å². The minimum atomic E-state index is -0.154. The molecule has 4 heteroatoms. The van der Waals surface area contributed by atoms with Gasteiger partial charge in [0.25, 0.3) is 5.91 Å². The standard InChI is InChI=1S/C7H9N3O/c1-9-7(11)5-2-3-10-6(8)4-5/h2-4H,1H3,(H2,8,10)(H,9,11). The number of rotatable bonds is 1. The zero-order valence-corrected chi connectivity index (χ0v) is 6.16. The lowest BCUT2D eigenvalue weighted by molar-refractivity contribution is 0.0963. The Hall–Kier alpha value is -1.58. The van der Waals surface area contributed by atoms with E-state index in [1.165, 1.54) is 12.3 Å². The van der Waals surface area contributed by atoms with E-state index >= 15 is 0 Å². The van der Waals surface area contributed by atoms with Crippen LogP contribution in [-0.2, 0) is 0 Å². The minimum absolute atomic E-state index is 0.154. The highest BCUT2D eigenvalue weighted by Gasteiger charge is 2.01. The fourth-order valence-electron chi connectivity index (χ4n) is 0.734. The van der Waals surface area contributed by atoms with Gasteiger partial charge < -0.3 is 11.1 Å². The average molecular weight is 151 g/mol. The first-order valence-electron chi connectivity index (χ1n) is 3.17. The van der Waals surface area contributed by atoms with Gasteiger partial charge in [0, 0.05) is 18.8 Å². The van der Waals surface area contributed by atoms with Crippen LogP contribution in [0.4, 0.5) is 5.82 Å². The predicted octanol–water partition coefficient (Wildman–Crippen LogP) is 0.0234. The monoisotopic (exact) mass is 151 g/mol. The Labute approximate surface area is 64.4 Å². The zero-order chi connectivity index (χ0) is 8.27. The van der Waals surface area contributed by atoms with Crippen molar-refractivity contribution in [2.75, 3.05) is 12.8 Å². The SMILES string of the molecule is CNC(=O)c1ccnc(N)c1. The molecule has 0 spiro atoms. The third-order valence-corrected chi connectivity index (χ3v) is 1.27. The number of carbonyl (C=O) groups excluding carboxylic acids is 1. The van der Waals surface area contributed by atoms with E-state index in [9.17, 15) is 4.79 Å². The van der Waals surface area contributed by atoms with Crippen molar-refractivity contribution in [1.82, 2.24) is 10.3 Å². The number of hydrogen-bond acceptors (Lipinski definition) is 3. The van der Waals surface area contributed by atoms with E-state index in [1.54, 1.807) is 13.1 Å². The van der Waals surface area contributed by atoms with Crippen molar-refractivity contribution in [2.24, 2.45) is 0 Å². The van der Waals surface area contributed by atoms with Crippen LogP contribution in [0, 0.1) is 0 Å². The summed E-state index contributed by atoms with van der Waals surface area (Å²) in [6, 6.07) is 3.13. The molecule has 3 N–H and O–H groups in total. The fraction of sp³-hybridized carbons (Fsp3) is 0.143. The molecule has 0 fully saturated rings. The molecule has 0 aliphatic rings. The van der Waals surface area contributed by atoms with Crippen molar-refractivity contribution in [3.05, 3.63) is 23.9 Å². The summed E-state index contributed by atoms with van der Waals surface area (Å²) in [6.07, 6.45) is 1.50. The van der Waals surface area contributed by atoms with E-state index in [4.69, 9.17) is 5.73 Å². The topological polar surface area (TPSA) is 68.0 Å². The molecular weight excluding hydrogens is 142 g/mol. The number of pyridine rings is 1. The van der Waals surface area contributed by atoms with Gasteiger partial charge in [-0.3, -0.25) is 4.79 Å². The Bertz CT molecular complexity index is 272. The first kappa shape index (κ1) is 7.53. The van der Waals surface area contributed by atoms with Gasteiger partial charge in [-0.05, 0) is 12.1 Å². The average Bonchev–Trinajstić information content (AvgIpc) is 2.03. The van der Waals surface area contributed by atoms with Crippen LogP contribution in [0.1, 0.15) is 10.4 Å². The molecule has 4 nitrogen and oxygen atoms in total. The molecule has 58 valence electrons. The number of nitrogen functional groups attached to an aromatic ring is 1. The normalized spacial score (nSPS) is 9.18. The Morgan fingerprint density at radius 2 is 2.45 bits per heavy atom. The predicted molar refractivity (Wildman–Crippen MR) is 42.0 cm³/mol. The Kier molecular flexibility index (Phi) is 2.06. The third kappa shape index (κ3) is 1.67. The van der Waals surface area contributed by atoms with Gasteiger partial charge in [-0.1, -0.05) is 0 Å². The Balaban J connectivity index is 2.96. The van der Waals surface area contributed by atoms with Crippen LogP contribution in [-0.4, -0.2) is 17.9 Å². The van der Waals surface area contributed by atoms with E-state index in [1.807, 2.05) is 0 Å². The van der Waals surface area contributed by atoms with Gasteiger partial charge in [0.15, 0.2) is 0 Å². The molecule has 0 saturated carbocycles. The highest BCUT2D eigenvalue weighted by Crippen LogP contribution is 2.01. The molecule has 0 radical (unpaired) electrons. The van der Waals surface area contributed by atoms with Crippen LogP contribution in [0.5, 0.6) is 0 Å². The van der Waals surface area contributed by atoms with Crippen LogP contribution < -0.4 is 11.1 Å². The summed E-state index contributed by atoms with van der Waals surface area (Å²) in [4.78, 5) is 14.7. The summed E-state index contributed by atoms with van der Waals surface area (Å²) in [5.41, 5.74) is 5.89. The quantitative estimate of drug-likeness (QED) is 0.594. The summed E-state index contributed by atoms with van der Waals surface area (Å²) in [6.45, 7) is 0. The van der Waals surface area contributed by atoms with Crippen molar-refractivity contribution in [3.8, 4) is 0 Å². The van der Waals surface area contributed by atoms with Gasteiger partial charge in [0.1, 0.15) is 5.82 Å². The van der Waals surface area contributed by atoms with E-state index in [2.05, 4.69) is 10.3 Å². The van der Waals surface area contributed by atoms with Crippen molar-refractivity contribution < 1.29 is 4.79 Å². The molecule has 1 amide bonds. The number of nitrogens with zero attached hydrogens (tertiary/aromatic N) is 1. The Morgan fingerprint density at radius 3 is 3.00 bits per heavy atom. The maximum atomic E-state index is 11.0. The third-order valence-electron chi connectivity index (χ3n) is 1.27. The maximum absolute atomic E-state index is 11.0. The number of anilines is 1. The van der Waals surface area contributed by atoms with Crippen molar-refractivity contribution >= 4 is 11.7 Å². The highest BCUT2D eigenvalue weighted by molar-refractivity contribution is 5.94. The first-order chi connectivity index (χ1) is 5.24. The molecule has 1 rings (SSSR count). The van der Waals surface area contributed by atoms with Gasteiger partial charge >= 0.3 is 0 Å². The van der Waals surface area contributed by atoms with Crippen molar-refractivity contribution in [3.63, 3.8) is 0 Å². The summed E-state index contributed by atoms with van der Waals surface area (Å²) >= 11 is 0. The second-order valence-electron chi connectivity index (χ2n) is 2.05. The highest BCUT2D eigenvalue weighted by atomic mass is 16.1.